The molecule has 2 rings (SSSR count). The van der Waals surface area contributed by atoms with Gasteiger partial charge in [0.1, 0.15) is 17.9 Å². The van der Waals surface area contributed by atoms with Crippen LogP contribution >= 0.6 is 11.6 Å². The maximum Gasteiger partial charge on any atom is 0.264 e. The fourth-order valence-electron chi connectivity index (χ4n) is 1.17. The summed E-state index contributed by atoms with van der Waals surface area (Å²) in [5, 5.41) is 9.58. The molecule has 2 N–H and O–H groups in total. The number of ether oxygens (including phenoxy) is 1. The third-order valence-electron chi connectivity index (χ3n) is 1.93. The first-order chi connectivity index (χ1) is 8.65. The molecule has 0 unspecified atom stereocenters. The number of rotatable bonds is 4. The average Bonchev–Trinajstić information content (AvgIpc) is 2.80. The lowest BCUT2D eigenvalue weighted by Gasteiger charge is -2.07. The van der Waals surface area contributed by atoms with Crippen LogP contribution in [0, 0.1) is 5.82 Å². The number of hydrogen-bond acceptors (Lipinski definition) is 4. The van der Waals surface area contributed by atoms with Crippen LogP contribution in [0.5, 0.6) is 5.75 Å². The number of benzene rings is 1. The summed E-state index contributed by atoms with van der Waals surface area (Å²) in [6, 6.07) is 3.64. The van der Waals surface area contributed by atoms with Crippen LogP contribution in [0.2, 0.25) is 5.02 Å². The molecule has 2 aromatic rings. The van der Waals surface area contributed by atoms with E-state index in [1.807, 2.05) is 0 Å². The normalized spacial score (nSPS) is 10.1. The third kappa shape index (κ3) is 3.17. The van der Waals surface area contributed by atoms with Crippen LogP contribution in [0.15, 0.2) is 24.5 Å². The summed E-state index contributed by atoms with van der Waals surface area (Å²) < 4.78 is 17.9. The molecule has 1 heterocycles. The summed E-state index contributed by atoms with van der Waals surface area (Å²) >= 11 is 5.73. The lowest BCUT2D eigenvalue weighted by molar-refractivity contribution is -0.118. The van der Waals surface area contributed by atoms with Gasteiger partial charge in [0.15, 0.2) is 6.61 Å². The van der Waals surface area contributed by atoms with Crippen LogP contribution < -0.4 is 10.1 Å². The van der Waals surface area contributed by atoms with Crippen molar-refractivity contribution < 1.29 is 13.9 Å². The zero-order chi connectivity index (χ0) is 13.0. The van der Waals surface area contributed by atoms with E-state index in [1.54, 1.807) is 0 Å². The first-order valence-corrected chi connectivity index (χ1v) is 5.26. The Morgan fingerprint density at radius 3 is 3.06 bits per heavy atom. The molecule has 0 saturated carbocycles. The lowest BCUT2D eigenvalue weighted by atomic mass is 10.3. The highest BCUT2D eigenvalue weighted by molar-refractivity contribution is 6.32. The molecule has 0 aliphatic heterocycles. The minimum absolute atomic E-state index is 0.0995. The number of aromatic nitrogens is 3. The molecule has 0 aliphatic carbocycles. The number of nitrogens with zero attached hydrogens (tertiary/aromatic N) is 2. The molecule has 0 aliphatic rings. The van der Waals surface area contributed by atoms with Gasteiger partial charge in [0.05, 0.1) is 5.02 Å². The van der Waals surface area contributed by atoms with Crippen molar-refractivity contribution in [3.63, 3.8) is 0 Å². The van der Waals surface area contributed by atoms with Gasteiger partial charge in [0.25, 0.3) is 5.91 Å². The Balaban J connectivity index is 1.89. The van der Waals surface area contributed by atoms with Crippen molar-refractivity contribution in [3.8, 4) is 5.75 Å². The molecule has 8 heteroatoms. The van der Waals surface area contributed by atoms with Crippen molar-refractivity contribution in [3.05, 3.63) is 35.4 Å². The van der Waals surface area contributed by atoms with Crippen molar-refractivity contribution in [1.29, 1.82) is 0 Å². The SMILES string of the molecule is O=C(COc1ccc(F)cc1Cl)Nc1nnc[nH]1. The Bertz CT molecular complexity index is 547. The van der Waals surface area contributed by atoms with Crippen LogP contribution in [0.4, 0.5) is 10.3 Å². The summed E-state index contributed by atoms with van der Waals surface area (Å²) in [5.41, 5.74) is 0. The molecule has 0 saturated heterocycles. The van der Waals surface area contributed by atoms with Crippen LogP contribution in [-0.2, 0) is 4.79 Å². The van der Waals surface area contributed by atoms with E-state index in [9.17, 15) is 9.18 Å². The molecular weight excluding hydrogens is 263 g/mol. The summed E-state index contributed by atoms with van der Waals surface area (Å²) in [7, 11) is 0. The van der Waals surface area contributed by atoms with E-state index in [1.165, 1.54) is 18.5 Å². The van der Waals surface area contributed by atoms with Gasteiger partial charge in [0.2, 0.25) is 5.95 Å². The molecular formula is C10H8ClFN4O2. The molecule has 0 radical (unpaired) electrons. The van der Waals surface area contributed by atoms with Crippen molar-refractivity contribution in [2.45, 2.75) is 0 Å². The fourth-order valence-corrected chi connectivity index (χ4v) is 1.39. The number of anilines is 1. The molecule has 1 amide bonds. The summed E-state index contributed by atoms with van der Waals surface area (Å²) in [5.74, 6) is -0.467. The average molecular weight is 271 g/mol. The number of nitrogens with one attached hydrogen (secondary N) is 2. The first kappa shape index (κ1) is 12.3. The molecule has 1 aromatic heterocycles. The Kier molecular flexibility index (Phi) is 3.73. The van der Waals surface area contributed by atoms with E-state index in [4.69, 9.17) is 16.3 Å². The zero-order valence-corrected chi connectivity index (χ0v) is 9.74. The molecule has 6 nitrogen and oxygen atoms in total. The second kappa shape index (κ2) is 5.46. The zero-order valence-electron chi connectivity index (χ0n) is 8.98. The van der Waals surface area contributed by atoms with E-state index in [0.29, 0.717) is 0 Å². The largest absolute Gasteiger partial charge is 0.482 e. The number of amides is 1. The van der Waals surface area contributed by atoms with Crippen molar-refractivity contribution in [1.82, 2.24) is 15.2 Å². The van der Waals surface area contributed by atoms with Crippen LogP contribution in [0.3, 0.4) is 0 Å². The molecule has 1 aromatic carbocycles. The second-order valence-electron chi connectivity index (χ2n) is 3.25. The van der Waals surface area contributed by atoms with Gasteiger partial charge in [-0.2, -0.15) is 0 Å². The summed E-state index contributed by atoms with van der Waals surface area (Å²) in [4.78, 5) is 14.0. The van der Waals surface area contributed by atoms with E-state index in [0.717, 1.165) is 6.07 Å². The highest BCUT2D eigenvalue weighted by atomic mass is 35.5. The Hall–Kier alpha value is -2.15. The Morgan fingerprint density at radius 1 is 1.56 bits per heavy atom. The molecule has 18 heavy (non-hydrogen) atoms. The highest BCUT2D eigenvalue weighted by Gasteiger charge is 2.08. The number of halogens is 2. The van der Waals surface area contributed by atoms with E-state index in [-0.39, 0.29) is 23.3 Å². The standard InChI is InChI=1S/C10H8ClFN4O2/c11-7-3-6(12)1-2-8(7)18-4-9(17)15-10-13-5-14-16-10/h1-3,5H,4H2,(H2,13,14,15,16,17). The predicted molar refractivity (Wildman–Crippen MR) is 61.9 cm³/mol. The molecule has 0 bridgehead atoms. The van der Waals surface area contributed by atoms with Gasteiger partial charge in [-0.25, -0.2) is 4.39 Å². The number of carbonyl (C=O) groups is 1. The topological polar surface area (TPSA) is 79.9 Å². The summed E-state index contributed by atoms with van der Waals surface area (Å²) in [6.07, 6.45) is 1.33. The van der Waals surface area contributed by atoms with E-state index in [2.05, 4.69) is 20.5 Å². The monoisotopic (exact) mass is 270 g/mol. The highest BCUT2D eigenvalue weighted by Crippen LogP contribution is 2.24. The van der Waals surface area contributed by atoms with Crippen LogP contribution in [-0.4, -0.2) is 27.7 Å². The smallest absolute Gasteiger partial charge is 0.264 e. The number of carbonyl (C=O) groups excluding carboxylic acids is 1. The van der Waals surface area contributed by atoms with Crippen LogP contribution in [0.25, 0.3) is 0 Å². The predicted octanol–water partition coefficient (Wildman–Crippen LogP) is 1.61. The fraction of sp³-hybridized carbons (Fsp3) is 0.100. The molecule has 94 valence electrons. The quantitative estimate of drug-likeness (QED) is 0.885. The van der Waals surface area contributed by atoms with Gasteiger partial charge in [-0.05, 0) is 18.2 Å². The lowest BCUT2D eigenvalue weighted by Crippen LogP contribution is -2.20. The van der Waals surface area contributed by atoms with Gasteiger partial charge < -0.3 is 9.72 Å². The molecule has 0 atom stereocenters. The van der Waals surface area contributed by atoms with Crippen molar-refractivity contribution in [2.75, 3.05) is 11.9 Å². The van der Waals surface area contributed by atoms with E-state index >= 15 is 0 Å². The maximum atomic E-state index is 12.8. The van der Waals surface area contributed by atoms with Gasteiger partial charge >= 0.3 is 0 Å². The maximum absolute atomic E-state index is 12.8. The Labute approximate surface area is 106 Å². The number of aromatic amines is 1. The van der Waals surface area contributed by atoms with Crippen molar-refractivity contribution in [2.24, 2.45) is 0 Å². The molecule has 0 spiro atoms. The number of H-pyrrole nitrogens is 1. The van der Waals surface area contributed by atoms with Crippen LogP contribution in [0.1, 0.15) is 0 Å². The minimum Gasteiger partial charge on any atom is -0.482 e. The Morgan fingerprint density at radius 2 is 2.39 bits per heavy atom. The summed E-state index contributed by atoms with van der Waals surface area (Å²) in [6.45, 7) is -0.272. The first-order valence-electron chi connectivity index (χ1n) is 4.89. The van der Waals surface area contributed by atoms with Crippen molar-refractivity contribution >= 4 is 23.5 Å². The number of hydrogen-bond donors (Lipinski definition) is 2. The van der Waals surface area contributed by atoms with Gasteiger partial charge in [0, 0.05) is 0 Å². The van der Waals surface area contributed by atoms with E-state index < -0.39 is 11.7 Å². The van der Waals surface area contributed by atoms with Gasteiger partial charge in [-0.1, -0.05) is 11.6 Å². The second-order valence-corrected chi connectivity index (χ2v) is 3.66. The minimum atomic E-state index is -0.474. The van der Waals surface area contributed by atoms with Gasteiger partial charge in [-0.3, -0.25) is 10.1 Å². The molecule has 0 fully saturated rings. The third-order valence-corrected chi connectivity index (χ3v) is 2.22. The van der Waals surface area contributed by atoms with Gasteiger partial charge in [-0.15, -0.1) is 10.2 Å².